The van der Waals surface area contributed by atoms with Crippen LogP contribution in [0.25, 0.3) is 11.2 Å². The molecule has 0 spiro atoms. The van der Waals surface area contributed by atoms with E-state index in [1.54, 1.807) is 4.68 Å². The molecule has 0 fully saturated rings. The van der Waals surface area contributed by atoms with Crippen molar-refractivity contribution in [3.8, 4) is 0 Å². The van der Waals surface area contributed by atoms with Gasteiger partial charge >= 0.3 is 5.97 Å². The van der Waals surface area contributed by atoms with Crippen LogP contribution in [0.5, 0.6) is 0 Å². The summed E-state index contributed by atoms with van der Waals surface area (Å²) in [6.07, 6.45) is 1.89. The largest absolute Gasteiger partial charge is 0.480 e. The predicted molar refractivity (Wildman–Crippen MR) is 91.2 cm³/mol. The fraction of sp³-hybridized carbons (Fsp3) is 0.267. The number of carbonyl (C=O) groups is 1. The third-order valence-electron chi connectivity index (χ3n) is 3.41. The van der Waals surface area contributed by atoms with E-state index >= 15 is 0 Å². The van der Waals surface area contributed by atoms with Gasteiger partial charge in [-0.3, -0.25) is 4.79 Å². The van der Waals surface area contributed by atoms with E-state index < -0.39 is 11.2 Å². The van der Waals surface area contributed by atoms with E-state index in [9.17, 15) is 9.90 Å². The maximum atomic E-state index is 11.2. The molecule has 0 aliphatic rings. The van der Waals surface area contributed by atoms with Gasteiger partial charge in [-0.25, -0.2) is 14.6 Å². The van der Waals surface area contributed by atoms with Crippen molar-refractivity contribution in [2.45, 2.75) is 30.2 Å². The molecule has 1 N–H and O–H groups in total. The van der Waals surface area contributed by atoms with Gasteiger partial charge in [-0.2, -0.15) is 0 Å². The molecular formula is C15H14ClN5O2S. The van der Waals surface area contributed by atoms with Crippen LogP contribution in [0.3, 0.4) is 0 Å². The monoisotopic (exact) mass is 363 g/mol. The standard InChI is InChI=1S/C15H14ClN5O2S/c1-2-11(15(22)23)24-14-12-13(17-8-18-14)21(20-19-12)7-9-3-5-10(16)6-4-9/h3-6,8,11H,2,7H2,1H3,(H,22,23)/t11-/m1/s1. The smallest absolute Gasteiger partial charge is 0.317 e. The van der Waals surface area contributed by atoms with Crippen molar-refractivity contribution in [1.29, 1.82) is 0 Å². The fourth-order valence-corrected chi connectivity index (χ4v) is 3.18. The molecule has 0 aliphatic heterocycles. The first kappa shape index (κ1) is 16.7. The van der Waals surface area contributed by atoms with Crippen LogP contribution >= 0.6 is 23.4 Å². The molecule has 2 aromatic heterocycles. The van der Waals surface area contributed by atoms with Gasteiger partial charge in [0.2, 0.25) is 0 Å². The van der Waals surface area contributed by atoms with E-state index in [2.05, 4.69) is 20.3 Å². The van der Waals surface area contributed by atoms with Crippen molar-refractivity contribution in [3.63, 3.8) is 0 Å². The predicted octanol–water partition coefficient (Wildman–Crippen LogP) is 2.88. The van der Waals surface area contributed by atoms with E-state index in [0.29, 0.717) is 34.2 Å². The molecule has 0 unspecified atom stereocenters. The summed E-state index contributed by atoms with van der Waals surface area (Å²) in [6.45, 7) is 2.31. The van der Waals surface area contributed by atoms with Crippen LogP contribution in [-0.2, 0) is 11.3 Å². The van der Waals surface area contributed by atoms with Gasteiger partial charge in [0.15, 0.2) is 11.2 Å². The van der Waals surface area contributed by atoms with Crippen molar-refractivity contribution < 1.29 is 9.90 Å². The van der Waals surface area contributed by atoms with E-state index in [1.807, 2.05) is 31.2 Å². The SMILES string of the molecule is CC[C@@H](Sc1ncnc2c1nnn2Cc1ccc(Cl)cc1)C(=O)O. The van der Waals surface area contributed by atoms with Crippen molar-refractivity contribution in [2.24, 2.45) is 0 Å². The second kappa shape index (κ2) is 7.14. The number of hydrogen-bond donors (Lipinski definition) is 1. The molecule has 3 rings (SSSR count). The highest BCUT2D eigenvalue weighted by molar-refractivity contribution is 8.00. The number of thioether (sulfide) groups is 1. The number of aromatic nitrogens is 5. The number of carboxylic acids is 1. The van der Waals surface area contributed by atoms with Gasteiger partial charge in [0.25, 0.3) is 0 Å². The van der Waals surface area contributed by atoms with Crippen LogP contribution in [-0.4, -0.2) is 41.3 Å². The Morgan fingerprint density at radius 1 is 1.33 bits per heavy atom. The maximum Gasteiger partial charge on any atom is 0.317 e. The first-order valence-electron chi connectivity index (χ1n) is 7.26. The second-order valence-corrected chi connectivity index (χ2v) is 6.71. The Hall–Kier alpha value is -2.19. The molecule has 1 atom stereocenters. The Morgan fingerprint density at radius 2 is 2.08 bits per heavy atom. The maximum absolute atomic E-state index is 11.2. The summed E-state index contributed by atoms with van der Waals surface area (Å²) in [5.41, 5.74) is 2.09. The average Bonchev–Trinajstić information content (AvgIpc) is 2.98. The van der Waals surface area contributed by atoms with Crippen molar-refractivity contribution in [2.75, 3.05) is 0 Å². The Morgan fingerprint density at radius 3 is 2.75 bits per heavy atom. The van der Waals surface area contributed by atoms with Crippen molar-refractivity contribution >= 4 is 40.5 Å². The zero-order valence-electron chi connectivity index (χ0n) is 12.8. The second-order valence-electron chi connectivity index (χ2n) is 5.08. The van der Waals surface area contributed by atoms with E-state index in [0.717, 1.165) is 17.3 Å². The van der Waals surface area contributed by atoms with Gasteiger partial charge in [-0.1, -0.05) is 47.6 Å². The highest BCUT2D eigenvalue weighted by Crippen LogP contribution is 2.28. The molecular weight excluding hydrogens is 350 g/mol. The zero-order valence-corrected chi connectivity index (χ0v) is 14.3. The van der Waals surface area contributed by atoms with Crippen LogP contribution < -0.4 is 0 Å². The van der Waals surface area contributed by atoms with Gasteiger partial charge in [0.1, 0.15) is 16.6 Å². The summed E-state index contributed by atoms with van der Waals surface area (Å²) in [5.74, 6) is -0.872. The summed E-state index contributed by atoms with van der Waals surface area (Å²) in [5, 5.41) is 18.1. The Balaban J connectivity index is 1.91. The summed E-state index contributed by atoms with van der Waals surface area (Å²) < 4.78 is 1.66. The van der Waals surface area contributed by atoms with Gasteiger partial charge < -0.3 is 5.11 Å². The first-order chi connectivity index (χ1) is 11.6. The number of halogens is 1. The lowest BCUT2D eigenvalue weighted by Crippen LogP contribution is -2.15. The van der Waals surface area contributed by atoms with Gasteiger partial charge in [0, 0.05) is 5.02 Å². The highest BCUT2D eigenvalue weighted by atomic mass is 35.5. The van der Waals surface area contributed by atoms with Crippen LogP contribution in [0.1, 0.15) is 18.9 Å². The molecule has 24 heavy (non-hydrogen) atoms. The molecule has 0 aliphatic carbocycles. The summed E-state index contributed by atoms with van der Waals surface area (Å²) in [7, 11) is 0. The first-order valence-corrected chi connectivity index (χ1v) is 8.52. The minimum Gasteiger partial charge on any atom is -0.480 e. The number of carboxylic acid groups (broad SMARTS) is 1. The molecule has 0 amide bonds. The van der Waals surface area contributed by atoms with Crippen LogP contribution in [0.4, 0.5) is 0 Å². The molecule has 2 heterocycles. The van der Waals surface area contributed by atoms with Crippen LogP contribution in [0.15, 0.2) is 35.6 Å². The molecule has 3 aromatic rings. The van der Waals surface area contributed by atoms with E-state index in [4.69, 9.17) is 11.6 Å². The van der Waals surface area contributed by atoms with Crippen molar-refractivity contribution in [3.05, 3.63) is 41.2 Å². The summed E-state index contributed by atoms with van der Waals surface area (Å²) in [4.78, 5) is 19.6. The topological polar surface area (TPSA) is 93.8 Å². The Bertz CT molecular complexity index is 868. The summed E-state index contributed by atoms with van der Waals surface area (Å²) in [6, 6.07) is 7.43. The lowest BCUT2D eigenvalue weighted by atomic mass is 10.2. The average molecular weight is 364 g/mol. The quantitative estimate of drug-likeness (QED) is 0.531. The van der Waals surface area contributed by atoms with E-state index in [-0.39, 0.29) is 0 Å². The van der Waals surface area contributed by atoms with Crippen molar-refractivity contribution in [1.82, 2.24) is 25.0 Å². The number of aliphatic carboxylic acids is 1. The molecule has 9 heteroatoms. The number of hydrogen-bond acceptors (Lipinski definition) is 6. The zero-order chi connectivity index (χ0) is 17.1. The lowest BCUT2D eigenvalue weighted by Gasteiger charge is -2.08. The minimum atomic E-state index is -0.872. The number of benzene rings is 1. The molecule has 7 nitrogen and oxygen atoms in total. The third kappa shape index (κ3) is 3.49. The fourth-order valence-electron chi connectivity index (χ4n) is 2.17. The summed E-state index contributed by atoms with van der Waals surface area (Å²) >= 11 is 7.05. The van der Waals surface area contributed by atoms with E-state index in [1.165, 1.54) is 6.33 Å². The van der Waals surface area contributed by atoms with Crippen LogP contribution in [0.2, 0.25) is 5.02 Å². The van der Waals surface area contributed by atoms with Gasteiger partial charge in [-0.05, 0) is 24.1 Å². The lowest BCUT2D eigenvalue weighted by molar-refractivity contribution is -0.136. The molecule has 1 aromatic carbocycles. The third-order valence-corrected chi connectivity index (χ3v) is 5.01. The minimum absolute atomic E-state index is 0.490. The molecule has 0 bridgehead atoms. The normalized spacial score (nSPS) is 12.4. The van der Waals surface area contributed by atoms with Crippen LogP contribution in [0, 0.1) is 0 Å². The number of rotatable bonds is 6. The Labute approximate surface area is 147 Å². The highest BCUT2D eigenvalue weighted by Gasteiger charge is 2.21. The number of nitrogens with zero attached hydrogens (tertiary/aromatic N) is 5. The molecule has 0 saturated carbocycles. The molecule has 0 saturated heterocycles. The molecule has 0 radical (unpaired) electrons. The number of fused-ring (bicyclic) bond motifs is 1. The Kier molecular flexibility index (Phi) is 4.96. The molecule has 124 valence electrons. The van der Waals surface area contributed by atoms with Gasteiger partial charge in [0.05, 0.1) is 6.54 Å². The van der Waals surface area contributed by atoms with Gasteiger partial charge in [-0.15, -0.1) is 5.10 Å².